The smallest absolute Gasteiger partial charge is 0.264 e. The number of halogens is 2. The van der Waals surface area contributed by atoms with Gasteiger partial charge in [0.1, 0.15) is 17.2 Å². The van der Waals surface area contributed by atoms with Gasteiger partial charge in [0.05, 0.1) is 19.1 Å². The van der Waals surface area contributed by atoms with Crippen LogP contribution in [0.3, 0.4) is 0 Å². The zero-order valence-corrected chi connectivity index (χ0v) is 16.2. The van der Waals surface area contributed by atoms with E-state index in [1.165, 1.54) is 11.8 Å². The normalized spacial score (nSPS) is 16.8. The summed E-state index contributed by atoms with van der Waals surface area (Å²) < 4.78 is 10.6. The van der Waals surface area contributed by atoms with Gasteiger partial charge in [-0.25, -0.2) is 4.99 Å². The molecule has 134 valence electrons. The molecule has 0 atom stereocenters. The van der Waals surface area contributed by atoms with Crippen molar-refractivity contribution in [1.29, 1.82) is 0 Å². The van der Waals surface area contributed by atoms with Gasteiger partial charge in [-0.05, 0) is 54.2 Å². The Balaban J connectivity index is 1.92. The summed E-state index contributed by atoms with van der Waals surface area (Å²) in [6.07, 6.45) is 1.71. The molecule has 1 aliphatic heterocycles. The van der Waals surface area contributed by atoms with E-state index in [9.17, 15) is 4.79 Å². The standard InChI is InChI=1S/C18H14Cl2N2O3S/c1-24-14-5-3-11(19)7-10(14)8-16-17(23)22-18(26-16)21-13-9-12(20)4-6-15(13)25-2/h3-9H,1-2H3,(H,21,22,23)/b16-8-. The fraction of sp³-hybridized carbons (Fsp3) is 0.111. The van der Waals surface area contributed by atoms with Crippen molar-refractivity contribution in [3.05, 3.63) is 56.9 Å². The van der Waals surface area contributed by atoms with Crippen LogP contribution in [0.4, 0.5) is 5.69 Å². The number of amides is 1. The highest BCUT2D eigenvalue weighted by Crippen LogP contribution is 2.35. The molecule has 5 nitrogen and oxygen atoms in total. The van der Waals surface area contributed by atoms with E-state index in [-0.39, 0.29) is 5.91 Å². The lowest BCUT2D eigenvalue weighted by Gasteiger charge is -2.05. The van der Waals surface area contributed by atoms with Gasteiger partial charge in [0.15, 0.2) is 5.17 Å². The zero-order valence-electron chi connectivity index (χ0n) is 13.9. The summed E-state index contributed by atoms with van der Waals surface area (Å²) in [6.45, 7) is 0. The number of nitrogens with zero attached hydrogens (tertiary/aromatic N) is 1. The van der Waals surface area contributed by atoms with E-state index in [0.29, 0.717) is 42.9 Å². The van der Waals surface area contributed by atoms with E-state index in [0.717, 1.165) is 0 Å². The zero-order chi connectivity index (χ0) is 18.7. The minimum atomic E-state index is -0.253. The number of hydrogen-bond acceptors (Lipinski definition) is 5. The third kappa shape index (κ3) is 4.15. The van der Waals surface area contributed by atoms with Crippen LogP contribution in [0.2, 0.25) is 10.0 Å². The predicted octanol–water partition coefficient (Wildman–Crippen LogP) is 4.90. The lowest BCUT2D eigenvalue weighted by atomic mass is 10.2. The summed E-state index contributed by atoms with van der Waals surface area (Å²) in [5, 5.41) is 4.24. The van der Waals surface area contributed by atoms with Crippen LogP contribution in [0.1, 0.15) is 5.56 Å². The largest absolute Gasteiger partial charge is 0.496 e. The van der Waals surface area contributed by atoms with Crippen LogP contribution in [0.5, 0.6) is 11.5 Å². The number of nitrogens with one attached hydrogen (secondary N) is 1. The van der Waals surface area contributed by atoms with Crippen molar-refractivity contribution in [2.24, 2.45) is 4.99 Å². The number of carbonyl (C=O) groups excluding carboxylic acids is 1. The third-order valence-electron chi connectivity index (χ3n) is 3.49. The van der Waals surface area contributed by atoms with Crippen LogP contribution in [0.15, 0.2) is 46.3 Å². The lowest BCUT2D eigenvalue weighted by molar-refractivity contribution is -0.115. The van der Waals surface area contributed by atoms with Crippen LogP contribution in [0.25, 0.3) is 6.08 Å². The van der Waals surface area contributed by atoms with Gasteiger partial charge in [-0.3, -0.25) is 4.79 Å². The highest BCUT2D eigenvalue weighted by Gasteiger charge is 2.24. The first-order chi connectivity index (χ1) is 12.5. The van der Waals surface area contributed by atoms with Crippen LogP contribution in [0, 0.1) is 0 Å². The quantitative estimate of drug-likeness (QED) is 0.730. The number of methoxy groups -OCH3 is 2. The fourth-order valence-electron chi connectivity index (χ4n) is 2.30. The van der Waals surface area contributed by atoms with Crippen LogP contribution >= 0.6 is 35.0 Å². The molecule has 0 spiro atoms. The summed E-state index contributed by atoms with van der Waals surface area (Å²) in [7, 11) is 3.11. The summed E-state index contributed by atoms with van der Waals surface area (Å²) >= 11 is 13.3. The number of amidine groups is 1. The lowest BCUT2D eigenvalue weighted by Crippen LogP contribution is -2.19. The Morgan fingerprint density at radius 2 is 1.69 bits per heavy atom. The minimum Gasteiger partial charge on any atom is -0.496 e. The predicted molar refractivity (Wildman–Crippen MR) is 107 cm³/mol. The molecule has 0 aliphatic carbocycles. The molecule has 2 aromatic rings. The maximum atomic E-state index is 12.3. The molecule has 1 heterocycles. The molecule has 1 amide bonds. The monoisotopic (exact) mass is 408 g/mol. The van der Waals surface area contributed by atoms with Crippen LogP contribution in [-0.4, -0.2) is 25.3 Å². The first-order valence-corrected chi connectivity index (χ1v) is 9.04. The second kappa shape index (κ2) is 8.03. The molecule has 0 unspecified atom stereocenters. The molecular formula is C18H14Cl2N2O3S. The Labute approximate surface area is 165 Å². The number of thioether (sulfide) groups is 1. The maximum Gasteiger partial charge on any atom is 0.264 e. The minimum absolute atomic E-state index is 0.253. The summed E-state index contributed by atoms with van der Waals surface area (Å²) in [4.78, 5) is 17.2. The topological polar surface area (TPSA) is 59.9 Å². The number of ether oxygens (including phenoxy) is 2. The summed E-state index contributed by atoms with van der Waals surface area (Å²) in [5.74, 6) is 0.930. The Bertz CT molecular complexity index is 929. The molecule has 2 aromatic carbocycles. The SMILES string of the molecule is COc1ccc(Cl)cc1/C=C1\SC(=Nc2cc(Cl)ccc2OC)NC1=O. The first kappa shape index (κ1) is 18.6. The van der Waals surface area contributed by atoms with Crippen molar-refractivity contribution in [3.63, 3.8) is 0 Å². The summed E-state index contributed by atoms with van der Waals surface area (Å²) in [6, 6.07) is 10.3. The Hall–Kier alpha value is -2.15. The number of carbonyl (C=O) groups is 1. The van der Waals surface area contributed by atoms with Gasteiger partial charge in [0, 0.05) is 15.6 Å². The summed E-state index contributed by atoms with van der Waals surface area (Å²) in [5.41, 5.74) is 1.24. The van der Waals surface area contributed by atoms with Gasteiger partial charge >= 0.3 is 0 Å². The van der Waals surface area contributed by atoms with E-state index in [4.69, 9.17) is 32.7 Å². The molecule has 8 heteroatoms. The van der Waals surface area contributed by atoms with Crippen molar-refractivity contribution < 1.29 is 14.3 Å². The second-order valence-corrected chi connectivity index (χ2v) is 7.09. The van der Waals surface area contributed by atoms with Gasteiger partial charge in [-0.1, -0.05) is 23.2 Å². The van der Waals surface area contributed by atoms with Gasteiger partial charge in [0.25, 0.3) is 5.91 Å². The van der Waals surface area contributed by atoms with Crippen LogP contribution in [-0.2, 0) is 4.79 Å². The van der Waals surface area contributed by atoms with E-state index < -0.39 is 0 Å². The van der Waals surface area contributed by atoms with Crippen molar-refractivity contribution in [1.82, 2.24) is 5.32 Å². The Kier molecular flexibility index (Phi) is 5.76. The molecule has 0 bridgehead atoms. The molecule has 1 aliphatic rings. The van der Waals surface area contributed by atoms with E-state index >= 15 is 0 Å². The van der Waals surface area contributed by atoms with Crippen molar-refractivity contribution >= 4 is 57.8 Å². The molecule has 26 heavy (non-hydrogen) atoms. The van der Waals surface area contributed by atoms with Crippen molar-refractivity contribution in [2.45, 2.75) is 0 Å². The molecule has 3 rings (SSSR count). The average Bonchev–Trinajstić information content (AvgIpc) is 2.94. The Morgan fingerprint density at radius 3 is 2.38 bits per heavy atom. The number of benzene rings is 2. The van der Waals surface area contributed by atoms with Crippen LogP contribution < -0.4 is 14.8 Å². The number of rotatable bonds is 4. The number of aliphatic imine (C=N–C) groups is 1. The Morgan fingerprint density at radius 1 is 1.04 bits per heavy atom. The molecule has 0 aromatic heterocycles. The van der Waals surface area contributed by atoms with E-state index in [2.05, 4.69) is 10.3 Å². The van der Waals surface area contributed by atoms with Gasteiger partial charge in [0.2, 0.25) is 0 Å². The molecule has 0 saturated carbocycles. The molecular weight excluding hydrogens is 395 g/mol. The number of hydrogen-bond donors (Lipinski definition) is 1. The fourth-order valence-corrected chi connectivity index (χ4v) is 3.47. The highest BCUT2D eigenvalue weighted by molar-refractivity contribution is 8.18. The average molecular weight is 409 g/mol. The second-order valence-electron chi connectivity index (χ2n) is 5.18. The van der Waals surface area contributed by atoms with Gasteiger partial charge in [-0.15, -0.1) is 0 Å². The molecule has 1 saturated heterocycles. The van der Waals surface area contributed by atoms with E-state index in [1.807, 2.05) is 0 Å². The van der Waals surface area contributed by atoms with Crippen molar-refractivity contribution in [2.75, 3.05) is 14.2 Å². The highest BCUT2D eigenvalue weighted by atomic mass is 35.5. The van der Waals surface area contributed by atoms with Gasteiger partial charge in [-0.2, -0.15) is 0 Å². The molecule has 0 radical (unpaired) electrons. The first-order valence-electron chi connectivity index (χ1n) is 7.47. The molecule has 1 fully saturated rings. The molecule has 1 N–H and O–H groups in total. The third-order valence-corrected chi connectivity index (χ3v) is 4.87. The van der Waals surface area contributed by atoms with Crippen molar-refractivity contribution in [3.8, 4) is 11.5 Å². The van der Waals surface area contributed by atoms with Gasteiger partial charge < -0.3 is 14.8 Å². The maximum absolute atomic E-state index is 12.3. The van der Waals surface area contributed by atoms with E-state index in [1.54, 1.807) is 56.7 Å².